The minimum absolute atomic E-state index is 0.0167. The van der Waals surface area contributed by atoms with Crippen LogP contribution in [-0.2, 0) is 20.9 Å². The lowest BCUT2D eigenvalue weighted by molar-refractivity contribution is -0.144. The van der Waals surface area contributed by atoms with Gasteiger partial charge in [0.05, 0.1) is 34.4 Å². The van der Waals surface area contributed by atoms with Gasteiger partial charge in [-0.25, -0.2) is 4.98 Å². The lowest BCUT2D eigenvalue weighted by Crippen LogP contribution is -2.58. The Morgan fingerprint density at radius 3 is 2.31 bits per heavy atom. The first-order valence-corrected chi connectivity index (χ1v) is 20.9. The van der Waals surface area contributed by atoms with E-state index in [9.17, 15) is 24.6 Å². The number of nitrogen functional groups attached to an aromatic ring is 1. The minimum atomic E-state index is -0.895. The SMILES string of the molecule is Cc1ncsc1-c1ccc(CNC(=O)[C@@H]2C[C@@H](O)CN2C(=O)[C@@H](NC(=O)CN2CCC(c3ccc(-c4cc(-c5ccccc5O)nnc4N)cc3)CC2)C(C)(C)C)cc1. The fraction of sp³-hybridized carbons (Fsp3) is 0.378. The molecule has 7 rings (SSSR count). The molecule has 2 aliphatic heterocycles. The van der Waals surface area contributed by atoms with Crippen molar-refractivity contribution in [1.82, 2.24) is 35.6 Å². The summed E-state index contributed by atoms with van der Waals surface area (Å²) in [6.07, 6.45) is 1.00. The fourth-order valence-electron chi connectivity index (χ4n) is 8.00. The monoisotopic (exact) mass is 816 g/mol. The zero-order chi connectivity index (χ0) is 41.8. The molecule has 3 amide bonds. The maximum absolute atomic E-state index is 14.1. The van der Waals surface area contributed by atoms with E-state index in [2.05, 4.69) is 42.8 Å². The number of aromatic nitrogens is 3. The summed E-state index contributed by atoms with van der Waals surface area (Å²) in [4.78, 5) is 50.1. The number of nitrogens with two attached hydrogens (primary N) is 1. The highest BCUT2D eigenvalue weighted by molar-refractivity contribution is 7.13. The number of piperidine rings is 1. The molecule has 2 fully saturated rings. The van der Waals surface area contributed by atoms with Crippen LogP contribution in [0, 0.1) is 12.3 Å². The van der Waals surface area contributed by atoms with Crippen molar-refractivity contribution in [3.8, 4) is 38.6 Å². The van der Waals surface area contributed by atoms with E-state index in [0.717, 1.165) is 45.7 Å². The second kappa shape index (κ2) is 17.7. The first-order valence-electron chi connectivity index (χ1n) is 20.0. The lowest BCUT2D eigenvalue weighted by Gasteiger charge is -2.36. The van der Waals surface area contributed by atoms with Crippen molar-refractivity contribution in [3.63, 3.8) is 0 Å². The number of aryl methyl sites for hydroxylation is 1. The molecule has 308 valence electrons. The smallest absolute Gasteiger partial charge is 0.246 e. The number of likely N-dealkylation sites (tertiary alicyclic amines) is 2. The van der Waals surface area contributed by atoms with Gasteiger partial charge in [-0.15, -0.1) is 21.5 Å². The lowest BCUT2D eigenvalue weighted by atomic mass is 9.85. The second-order valence-electron chi connectivity index (χ2n) is 16.7. The van der Waals surface area contributed by atoms with Gasteiger partial charge in [-0.1, -0.05) is 81.4 Å². The first-order chi connectivity index (χ1) is 28.2. The second-order valence-corrected chi connectivity index (χ2v) is 17.5. The van der Waals surface area contributed by atoms with Crippen molar-refractivity contribution < 1.29 is 24.6 Å². The van der Waals surface area contributed by atoms with Crippen molar-refractivity contribution in [2.75, 3.05) is 31.9 Å². The molecule has 14 heteroatoms. The number of amides is 3. The van der Waals surface area contributed by atoms with Crippen LogP contribution in [0.1, 0.15) is 62.8 Å². The molecule has 4 heterocycles. The quantitative estimate of drug-likeness (QED) is 0.114. The molecule has 6 N–H and O–H groups in total. The highest BCUT2D eigenvalue weighted by atomic mass is 32.1. The number of hydrogen-bond donors (Lipinski definition) is 5. The van der Waals surface area contributed by atoms with Gasteiger partial charge in [0, 0.05) is 30.6 Å². The van der Waals surface area contributed by atoms with Crippen molar-refractivity contribution in [1.29, 1.82) is 0 Å². The van der Waals surface area contributed by atoms with Crippen LogP contribution in [0.5, 0.6) is 5.75 Å². The zero-order valence-corrected chi connectivity index (χ0v) is 34.7. The van der Waals surface area contributed by atoms with Gasteiger partial charge in [0.25, 0.3) is 0 Å². The van der Waals surface area contributed by atoms with Crippen LogP contribution in [-0.4, -0.2) is 97.3 Å². The number of aliphatic hydroxyl groups excluding tert-OH is 1. The fourth-order valence-corrected chi connectivity index (χ4v) is 8.82. The predicted octanol–water partition coefficient (Wildman–Crippen LogP) is 5.52. The molecule has 2 saturated heterocycles. The molecule has 3 aromatic carbocycles. The molecular formula is C45H52N8O5S. The summed E-state index contributed by atoms with van der Waals surface area (Å²) in [5, 5.41) is 35.2. The molecule has 0 unspecified atom stereocenters. The number of nitrogens with zero attached hydrogens (tertiary/aromatic N) is 5. The number of aliphatic hydroxyl groups is 1. The Morgan fingerprint density at radius 1 is 0.949 bits per heavy atom. The highest BCUT2D eigenvalue weighted by Crippen LogP contribution is 2.35. The van der Waals surface area contributed by atoms with E-state index < -0.39 is 23.6 Å². The number of carbonyl (C=O) groups excluding carboxylic acids is 3. The zero-order valence-electron chi connectivity index (χ0n) is 33.9. The van der Waals surface area contributed by atoms with Crippen LogP contribution < -0.4 is 16.4 Å². The normalized spacial score (nSPS) is 18.1. The maximum atomic E-state index is 14.1. The Balaban J connectivity index is 0.921. The number of rotatable bonds is 11. The summed E-state index contributed by atoms with van der Waals surface area (Å²) in [7, 11) is 0. The molecule has 0 saturated carbocycles. The maximum Gasteiger partial charge on any atom is 0.246 e. The van der Waals surface area contributed by atoms with Crippen LogP contribution in [0.3, 0.4) is 0 Å². The average Bonchev–Trinajstić information content (AvgIpc) is 3.84. The van der Waals surface area contributed by atoms with Gasteiger partial charge in [0.15, 0.2) is 5.82 Å². The average molecular weight is 817 g/mol. The number of phenols is 1. The summed E-state index contributed by atoms with van der Waals surface area (Å²) < 4.78 is 0. The number of anilines is 1. The number of carbonyl (C=O) groups is 3. The van der Waals surface area contributed by atoms with E-state index in [1.54, 1.807) is 29.5 Å². The van der Waals surface area contributed by atoms with Gasteiger partial charge in [-0.3, -0.25) is 19.3 Å². The molecule has 5 aromatic rings. The number of nitrogens with one attached hydrogen (secondary N) is 2. The summed E-state index contributed by atoms with van der Waals surface area (Å²) in [6, 6.07) is 23.3. The summed E-state index contributed by atoms with van der Waals surface area (Å²) >= 11 is 1.58. The van der Waals surface area contributed by atoms with E-state index in [0.29, 0.717) is 36.1 Å². The third-order valence-corrected chi connectivity index (χ3v) is 12.3. The van der Waals surface area contributed by atoms with Crippen molar-refractivity contribution >= 4 is 34.9 Å². The molecule has 59 heavy (non-hydrogen) atoms. The topological polar surface area (TPSA) is 187 Å². The van der Waals surface area contributed by atoms with E-state index in [1.165, 1.54) is 10.5 Å². The molecule has 3 atom stereocenters. The Bertz CT molecular complexity index is 2280. The summed E-state index contributed by atoms with van der Waals surface area (Å²) in [5.41, 5.74) is 14.3. The van der Waals surface area contributed by atoms with Crippen molar-refractivity contribution in [2.45, 2.75) is 77.6 Å². The van der Waals surface area contributed by atoms with Crippen LogP contribution in [0.15, 0.2) is 84.4 Å². The van der Waals surface area contributed by atoms with Crippen LogP contribution in [0.2, 0.25) is 0 Å². The Kier molecular flexibility index (Phi) is 12.4. The molecular weight excluding hydrogens is 765 g/mol. The molecule has 13 nitrogen and oxygen atoms in total. The van der Waals surface area contributed by atoms with E-state index in [-0.39, 0.29) is 49.5 Å². The van der Waals surface area contributed by atoms with Crippen LogP contribution >= 0.6 is 11.3 Å². The van der Waals surface area contributed by atoms with Gasteiger partial charge in [0.1, 0.15) is 17.8 Å². The Morgan fingerprint density at radius 2 is 1.64 bits per heavy atom. The van der Waals surface area contributed by atoms with Gasteiger partial charge < -0.3 is 31.5 Å². The molecule has 2 aliphatic rings. The standard InChI is InChI=1S/C45H52N8O5S/c1-27-40(59-26-48-27)32-11-9-28(10-12-32)23-47-43(57)37-21-33(54)24-53(37)44(58)41(45(2,3)4)49-39(56)25-52-19-17-30(18-20-52)29-13-15-31(16-14-29)35-22-36(50-51-42(35)46)34-7-5-6-8-38(34)55/h5-16,22,26,30,33,37,41,54-55H,17-21,23-25H2,1-4H3,(H2,46,51)(H,47,57)(H,49,56)/t33-,37+,41-/m1/s1. The largest absolute Gasteiger partial charge is 0.507 e. The summed E-state index contributed by atoms with van der Waals surface area (Å²) in [6.45, 7) is 9.50. The number of β-amino-alcohol motifs (C(OH)–C–C–N with tert-alkyl or cyclic N) is 1. The number of hydrogen-bond acceptors (Lipinski definition) is 11. The number of aromatic hydroxyl groups is 1. The number of benzene rings is 3. The first kappa shape index (κ1) is 41.5. The third kappa shape index (κ3) is 9.62. The third-order valence-electron chi connectivity index (χ3n) is 11.4. The van der Waals surface area contributed by atoms with Gasteiger partial charge in [-0.05, 0) is 84.6 Å². The van der Waals surface area contributed by atoms with E-state index in [4.69, 9.17) is 5.73 Å². The molecule has 0 radical (unpaired) electrons. The molecule has 2 aromatic heterocycles. The van der Waals surface area contributed by atoms with E-state index >= 15 is 0 Å². The van der Waals surface area contributed by atoms with E-state index in [1.807, 2.05) is 81.7 Å². The molecule has 0 bridgehead atoms. The predicted molar refractivity (Wildman–Crippen MR) is 229 cm³/mol. The molecule has 0 spiro atoms. The highest BCUT2D eigenvalue weighted by Gasteiger charge is 2.44. The number of thiazole rings is 1. The van der Waals surface area contributed by atoms with Gasteiger partial charge in [0.2, 0.25) is 17.7 Å². The minimum Gasteiger partial charge on any atom is -0.507 e. The Hall–Kier alpha value is -5.70. The number of phenolic OH excluding ortho intramolecular Hbond substituents is 1. The summed E-state index contributed by atoms with van der Waals surface area (Å²) in [5.74, 6) is -0.245. The van der Waals surface area contributed by atoms with Gasteiger partial charge >= 0.3 is 0 Å². The van der Waals surface area contributed by atoms with Crippen molar-refractivity contribution in [2.24, 2.45) is 5.41 Å². The van der Waals surface area contributed by atoms with Crippen LogP contribution in [0.25, 0.3) is 32.8 Å². The van der Waals surface area contributed by atoms with Crippen molar-refractivity contribution in [3.05, 3.63) is 101 Å². The van der Waals surface area contributed by atoms with Gasteiger partial charge in [-0.2, -0.15) is 0 Å². The van der Waals surface area contributed by atoms with Crippen LogP contribution in [0.4, 0.5) is 5.82 Å². The molecule has 0 aliphatic carbocycles. The number of para-hydroxylation sites is 1. The Labute approximate surface area is 348 Å².